The minimum atomic E-state index is -1.04. The summed E-state index contributed by atoms with van der Waals surface area (Å²) in [7, 11) is 0. The first-order valence-corrected chi connectivity index (χ1v) is 26.0. The fourth-order valence-electron chi connectivity index (χ4n) is 8.83. The van der Waals surface area contributed by atoms with Gasteiger partial charge in [-0.2, -0.15) is 0 Å². The van der Waals surface area contributed by atoms with Crippen LogP contribution in [-0.4, -0.2) is 142 Å². The van der Waals surface area contributed by atoms with Crippen molar-refractivity contribution in [1.29, 1.82) is 0 Å². The summed E-state index contributed by atoms with van der Waals surface area (Å²) < 4.78 is 22.7. The second kappa shape index (κ2) is 28.2. The number of hydrogen-bond acceptors (Lipinski definition) is 13. The molecule has 3 N–H and O–H groups in total. The molecule has 16 nitrogen and oxygen atoms in total. The quantitative estimate of drug-likeness (QED) is 0.0305. The topological polar surface area (TPSA) is 199 Å². The Bertz CT molecular complexity index is 2730. The number of halogens is 3. The van der Waals surface area contributed by atoms with E-state index in [1.165, 1.54) is 6.07 Å². The van der Waals surface area contributed by atoms with Crippen LogP contribution in [-0.2, 0) is 49.3 Å². The maximum absolute atomic E-state index is 14.5. The van der Waals surface area contributed by atoms with Gasteiger partial charge in [-0.05, 0) is 90.9 Å². The Hall–Kier alpha value is -6.08. The van der Waals surface area contributed by atoms with E-state index in [2.05, 4.69) is 16.0 Å². The number of Topliss-reactive ketones (excluding diaryl/α,β-unsaturated/α-hetero) is 2. The number of imide groups is 2. The molecule has 4 aromatic rings. The standard InChI is InChI=1S/C56H60Cl3N5O11/c1-36-29-38(12-14-44(36)57)30-40-34-63(35-41(52(40)67)31-39-13-15-45(58)46(59)32-39)55(70)48(33-37-7-3-2-4-8-37)61-20-23-72-21-6-9-42(65)18-22-73-25-27-75-28-26-74-24-19-60-47-11-5-10-43-51(47)56(71)64(54(43)69)49-16-17-50(66)62-53(49)68/h2-5,7-8,10-15,29-32,48-49,60-61H,6,9,16-28,33-35H2,1H3,(H,62,66,68)/b40-30+,41-31+/t48-,49?/m0/s1. The minimum absolute atomic E-state index is 0.0440. The van der Waals surface area contributed by atoms with Gasteiger partial charge in [0.15, 0.2) is 5.78 Å². The molecule has 3 aliphatic heterocycles. The molecule has 7 rings (SSSR count). The van der Waals surface area contributed by atoms with Gasteiger partial charge in [0.05, 0.1) is 73.5 Å². The van der Waals surface area contributed by atoms with Gasteiger partial charge in [0.1, 0.15) is 11.8 Å². The van der Waals surface area contributed by atoms with Crippen molar-refractivity contribution in [3.63, 3.8) is 0 Å². The predicted molar refractivity (Wildman–Crippen MR) is 286 cm³/mol. The fourth-order valence-corrected chi connectivity index (χ4v) is 9.25. The van der Waals surface area contributed by atoms with Crippen molar-refractivity contribution < 1.29 is 52.5 Å². The van der Waals surface area contributed by atoms with Crippen molar-refractivity contribution in [1.82, 2.24) is 20.4 Å². The Morgan fingerprint density at radius 3 is 2.05 bits per heavy atom. The molecule has 2 atom stereocenters. The lowest BCUT2D eigenvalue weighted by Gasteiger charge is -2.33. The van der Waals surface area contributed by atoms with Crippen LogP contribution in [0.15, 0.2) is 96.1 Å². The summed E-state index contributed by atoms with van der Waals surface area (Å²) in [5, 5.41) is 10.1. The highest BCUT2D eigenvalue weighted by Crippen LogP contribution is 2.33. The number of benzene rings is 4. The average Bonchev–Trinajstić information content (AvgIpc) is 3.66. The van der Waals surface area contributed by atoms with Gasteiger partial charge in [-0.15, -0.1) is 0 Å². The van der Waals surface area contributed by atoms with E-state index in [0.717, 1.165) is 21.6 Å². The molecule has 75 heavy (non-hydrogen) atoms. The summed E-state index contributed by atoms with van der Waals surface area (Å²) in [6, 6.07) is 23.6. The van der Waals surface area contributed by atoms with Crippen molar-refractivity contribution in [2.45, 2.75) is 57.5 Å². The highest BCUT2D eigenvalue weighted by molar-refractivity contribution is 6.42. The van der Waals surface area contributed by atoms with Crippen molar-refractivity contribution in [3.8, 4) is 0 Å². The van der Waals surface area contributed by atoms with Crippen molar-refractivity contribution >= 4 is 93.7 Å². The number of amides is 5. The lowest BCUT2D eigenvalue weighted by molar-refractivity contribution is -0.136. The molecular weight excluding hydrogens is 1020 g/mol. The van der Waals surface area contributed by atoms with Crippen molar-refractivity contribution in [3.05, 3.63) is 145 Å². The van der Waals surface area contributed by atoms with Gasteiger partial charge in [0, 0.05) is 73.9 Å². The number of likely N-dealkylation sites (tertiary alicyclic amines) is 1. The number of rotatable bonds is 27. The first kappa shape index (κ1) is 56.6. The molecule has 0 bridgehead atoms. The number of piperidine rings is 2. The second-order valence-electron chi connectivity index (χ2n) is 18.2. The molecule has 4 aromatic carbocycles. The largest absolute Gasteiger partial charge is 0.382 e. The third-order valence-electron chi connectivity index (χ3n) is 12.7. The Labute approximate surface area is 451 Å². The number of hydrogen-bond donors (Lipinski definition) is 3. The highest BCUT2D eigenvalue weighted by Gasteiger charge is 2.45. The number of ketones is 2. The van der Waals surface area contributed by atoms with Crippen LogP contribution >= 0.6 is 34.8 Å². The van der Waals surface area contributed by atoms with Crippen LogP contribution in [0, 0.1) is 6.92 Å². The maximum atomic E-state index is 14.5. The molecule has 0 aliphatic carbocycles. The molecule has 19 heteroatoms. The summed E-state index contributed by atoms with van der Waals surface area (Å²) in [5.74, 6) is -2.53. The Kier molecular flexibility index (Phi) is 21.3. The molecule has 0 saturated carbocycles. The molecule has 0 aromatic heterocycles. The predicted octanol–water partition coefficient (Wildman–Crippen LogP) is 7.35. The molecule has 2 fully saturated rings. The van der Waals surface area contributed by atoms with Crippen molar-refractivity contribution in [2.75, 3.05) is 84.4 Å². The summed E-state index contributed by atoms with van der Waals surface area (Å²) in [6.45, 7) is 5.33. The van der Waals surface area contributed by atoms with E-state index in [1.54, 1.807) is 53.5 Å². The van der Waals surface area contributed by atoms with Crippen LogP contribution < -0.4 is 16.0 Å². The molecule has 3 aliphatic rings. The summed E-state index contributed by atoms with van der Waals surface area (Å²) in [4.78, 5) is 94.0. The Morgan fingerprint density at radius 2 is 1.36 bits per heavy atom. The molecule has 2 saturated heterocycles. The number of anilines is 1. The monoisotopic (exact) mass is 1080 g/mol. The van der Waals surface area contributed by atoms with Crippen LogP contribution in [0.25, 0.3) is 12.2 Å². The number of nitrogens with zero attached hydrogens (tertiary/aromatic N) is 2. The number of ether oxygens (including phenoxy) is 4. The molecule has 396 valence electrons. The SMILES string of the molecule is Cc1cc(/C=C2\CN(C(=O)[C@H](Cc3ccccc3)NCCOCCCC(=O)CCOCCOCCOCCNc3cccc4c3C(=O)N(C3CCC(=O)NC3=O)C4=O)C/C(=C\c3ccc(Cl)c(Cl)c3)C2=O)ccc1Cl. The molecule has 0 radical (unpaired) electrons. The van der Waals surface area contributed by atoms with Crippen LogP contribution in [0.1, 0.15) is 75.1 Å². The normalized spacial score (nSPS) is 17.2. The molecule has 3 heterocycles. The minimum Gasteiger partial charge on any atom is -0.382 e. The summed E-state index contributed by atoms with van der Waals surface area (Å²) in [5.41, 5.74) is 5.03. The zero-order chi connectivity index (χ0) is 53.3. The van der Waals surface area contributed by atoms with E-state index in [1.807, 2.05) is 49.4 Å². The van der Waals surface area contributed by atoms with E-state index in [4.69, 9.17) is 53.8 Å². The fraction of sp³-hybridized carbons (Fsp3) is 0.375. The average molecular weight is 1090 g/mol. The number of nitrogens with one attached hydrogen (secondary N) is 3. The number of aryl methyl sites for hydroxylation is 1. The van der Waals surface area contributed by atoms with Crippen LogP contribution in [0.5, 0.6) is 0 Å². The number of fused-ring (bicyclic) bond motifs is 1. The van der Waals surface area contributed by atoms with E-state index in [-0.39, 0.29) is 67.6 Å². The van der Waals surface area contributed by atoms with Crippen molar-refractivity contribution in [2.24, 2.45) is 0 Å². The lowest BCUT2D eigenvalue weighted by atomic mass is 9.93. The molecule has 0 spiro atoms. The van der Waals surface area contributed by atoms with Gasteiger partial charge in [0.25, 0.3) is 11.8 Å². The zero-order valence-electron chi connectivity index (χ0n) is 41.6. The maximum Gasteiger partial charge on any atom is 0.264 e. The Morgan fingerprint density at radius 1 is 0.707 bits per heavy atom. The van der Waals surface area contributed by atoms with Crippen LogP contribution in [0.4, 0.5) is 5.69 Å². The van der Waals surface area contributed by atoms with E-state index in [0.29, 0.717) is 116 Å². The first-order valence-electron chi connectivity index (χ1n) is 24.9. The van der Waals surface area contributed by atoms with Gasteiger partial charge in [-0.3, -0.25) is 43.8 Å². The number of carbonyl (C=O) groups excluding carboxylic acids is 7. The second-order valence-corrected chi connectivity index (χ2v) is 19.4. The zero-order valence-corrected chi connectivity index (χ0v) is 43.9. The van der Waals surface area contributed by atoms with Gasteiger partial charge >= 0.3 is 0 Å². The molecule has 1 unspecified atom stereocenters. The van der Waals surface area contributed by atoms with Gasteiger partial charge in [-0.1, -0.05) is 89.4 Å². The smallest absolute Gasteiger partial charge is 0.264 e. The van der Waals surface area contributed by atoms with Crippen LogP contribution in [0.2, 0.25) is 15.1 Å². The van der Waals surface area contributed by atoms with Gasteiger partial charge in [0.2, 0.25) is 17.7 Å². The van der Waals surface area contributed by atoms with Gasteiger partial charge in [-0.25, -0.2) is 0 Å². The molecule has 5 amide bonds. The lowest BCUT2D eigenvalue weighted by Crippen LogP contribution is -2.54. The molecular formula is C56H60Cl3N5O11. The summed E-state index contributed by atoms with van der Waals surface area (Å²) in [6.07, 6.45) is 5.23. The van der Waals surface area contributed by atoms with Gasteiger partial charge < -0.3 is 34.5 Å². The highest BCUT2D eigenvalue weighted by atomic mass is 35.5. The number of carbonyl (C=O) groups is 7. The third-order valence-corrected chi connectivity index (χ3v) is 13.8. The van der Waals surface area contributed by atoms with E-state index >= 15 is 0 Å². The Balaban J connectivity index is 0.770. The van der Waals surface area contributed by atoms with Crippen LogP contribution in [0.3, 0.4) is 0 Å². The first-order chi connectivity index (χ1) is 36.3. The van der Waals surface area contributed by atoms with E-state index < -0.39 is 35.7 Å². The third kappa shape index (κ3) is 16.0. The van der Waals surface area contributed by atoms with E-state index in [9.17, 15) is 33.6 Å². The summed E-state index contributed by atoms with van der Waals surface area (Å²) >= 11 is 18.8.